The van der Waals surface area contributed by atoms with Crippen LogP contribution in [0.5, 0.6) is 0 Å². The zero-order valence-electron chi connectivity index (χ0n) is 12.7. The van der Waals surface area contributed by atoms with Crippen molar-refractivity contribution in [3.63, 3.8) is 0 Å². The van der Waals surface area contributed by atoms with Crippen molar-refractivity contribution < 1.29 is 15.0 Å². The largest absolute Gasteiger partial charge is 0.481 e. The van der Waals surface area contributed by atoms with Gasteiger partial charge in [-0.2, -0.15) is 5.10 Å². The summed E-state index contributed by atoms with van der Waals surface area (Å²) in [5.41, 5.74) is -1.07. The third-order valence-corrected chi connectivity index (χ3v) is 4.34. The summed E-state index contributed by atoms with van der Waals surface area (Å²) < 4.78 is 1.81. The number of carboxylic acid groups (broad SMARTS) is 1. The van der Waals surface area contributed by atoms with E-state index in [1.807, 2.05) is 18.5 Å². The van der Waals surface area contributed by atoms with Gasteiger partial charge < -0.3 is 10.2 Å². The second-order valence-corrected chi connectivity index (χ2v) is 5.72. The van der Waals surface area contributed by atoms with Crippen LogP contribution in [0.3, 0.4) is 0 Å². The van der Waals surface area contributed by atoms with Crippen LogP contribution < -0.4 is 0 Å². The molecule has 1 saturated heterocycles. The summed E-state index contributed by atoms with van der Waals surface area (Å²) >= 11 is 0. The van der Waals surface area contributed by atoms with E-state index < -0.39 is 17.5 Å². The molecular formula is C14H24N4O3. The molecule has 21 heavy (non-hydrogen) atoms. The molecule has 1 aromatic rings. The molecule has 2 N–H and O–H groups in total. The fourth-order valence-electron chi connectivity index (χ4n) is 3.18. The van der Waals surface area contributed by atoms with E-state index in [2.05, 4.69) is 15.0 Å². The normalized spacial score (nSPS) is 26.9. The summed E-state index contributed by atoms with van der Waals surface area (Å²) in [6.45, 7) is 6.29. The van der Waals surface area contributed by atoms with Crippen LogP contribution in [-0.2, 0) is 17.9 Å². The van der Waals surface area contributed by atoms with Crippen molar-refractivity contribution in [2.75, 3.05) is 13.1 Å². The lowest BCUT2D eigenvalue weighted by Crippen LogP contribution is -2.55. The maximum Gasteiger partial charge on any atom is 0.313 e. The van der Waals surface area contributed by atoms with Crippen molar-refractivity contribution in [1.82, 2.24) is 19.7 Å². The average Bonchev–Trinajstić information content (AvgIpc) is 2.89. The minimum Gasteiger partial charge on any atom is -0.481 e. The van der Waals surface area contributed by atoms with E-state index in [-0.39, 0.29) is 0 Å². The quantitative estimate of drug-likeness (QED) is 0.804. The molecule has 2 atom stereocenters. The predicted octanol–water partition coefficient (Wildman–Crippen LogP) is 0.736. The standard InChI is InChI=1S/C14H24N4O3/c1-3-6-14(13(20)21)9-17(7-5-11(14)19)8-12-15-10-16-18(12)4-2/h10-11,19H,3-9H2,1-2H3,(H,20,21)/t11-,14+/m0/s1. The highest BCUT2D eigenvalue weighted by Crippen LogP contribution is 2.35. The molecule has 118 valence electrons. The molecule has 1 fully saturated rings. The molecule has 1 aliphatic rings. The maximum atomic E-state index is 11.7. The molecule has 0 unspecified atom stereocenters. The van der Waals surface area contributed by atoms with Gasteiger partial charge in [-0.15, -0.1) is 0 Å². The van der Waals surface area contributed by atoms with E-state index in [1.165, 1.54) is 6.33 Å². The first kappa shape index (κ1) is 15.9. The first-order chi connectivity index (χ1) is 10.0. The Balaban J connectivity index is 2.14. The summed E-state index contributed by atoms with van der Waals surface area (Å²) in [6, 6.07) is 0. The third-order valence-electron chi connectivity index (χ3n) is 4.34. The number of carbonyl (C=O) groups is 1. The summed E-state index contributed by atoms with van der Waals surface area (Å²) in [5.74, 6) is -0.0665. The van der Waals surface area contributed by atoms with Gasteiger partial charge in [-0.25, -0.2) is 9.67 Å². The van der Waals surface area contributed by atoms with Crippen LogP contribution in [0.25, 0.3) is 0 Å². The molecule has 1 aromatic heterocycles. The monoisotopic (exact) mass is 296 g/mol. The van der Waals surface area contributed by atoms with Crippen LogP contribution in [0.15, 0.2) is 6.33 Å². The van der Waals surface area contributed by atoms with Gasteiger partial charge in [0.05, 0.1) is 12.6 Å². The maximum absolute atomic E-state index is 11.7. The van der Waals surface area contributed by atoms with Crippen molar-refractivity contribution in [3.8, 4) is 0 Å². The zero-order chi connectivity index (χ0) is 15.5. The first-order valence-electron chi connectivity index (χ1n) is 7.54. The molecule has 0 saturated carbocycles. The van der Waals surface area contributed by atoms with Gasteiger partial charge in [-0.3, -0.25) is 9.69 Å². The second kappa shape index (κ2) is 6.53. The van der Waals surface area contributed by atoms with Crippen LogP contribution in [-0.4, -0.2) is 55.0 Å². The van der Waals surface area contributed by atoms with E-state index in [9.17, 15) is 15.0 Å². The Bertz CT molecular complexity index is 490. The van der Waals surface area contributed by atoms with Gasteiger partial charge in [0.2, 0.25) is 0 Å². The Kier molecular flexibility index (Phi) is 4.95. The van der Waals surface area contributed by atoms with E-state index in [4.69, 9.17) is 0 Å². The van der Waals surface area contributed by atoms with Gasteiger partial charge in [0.15, 0.2) is 0 Å². The number of aliphatic hydroxyl groups is 1. The van der Waals surface area contributed by atoms with E-state index in [0.29, 0.717) is 32.5 Å². The number of aliphatic hydroxyl groups excluding tert-OH is 1. The summed E-state index contributed by atoms with van der Waals surface area (Å²) in [6.07, 6.45) is 2.44. The lowest BCUT2D eigenvalue weighted by atomic mass is 9.74. The smallest absolute Gasteiger partial charge is 0.313 e. The predicted molar refractivity (Wildman–Crippen MR) is 76.6 cm³/mol. The molecule has 2 rings (SSSR count). The van der Waals surface area contributed by atoms with Gasteiger partial charge in [0.25, 0.3) is 0 Å². The fraction of sp³-hybridized carbons (Fsp3) is 0.786. The summed E-state index contributed by atoms with van der Waals surface area (Å²) in [4.78, 5) is 18.0. The number of aryl methyl sites for hydroxylation is 1. The van der Waals surface area contributed by atoms with Crippen LogP contribution in [0, 0.1) is 5.41 Å². The Hall–Kier alpha value is -1.47. The second-order valence-electron chi connectivity index (χ2n) is 5.72. The molecule has 7 nitrogen and oxygen atoms in total. The lowest BCUT2D eigenvalue weighted by Gasteiger charge is -2.43. The van der Waals surface area contributed by atoms with Crippen LogP contribution in [0.2, 0.25) is 0 Å². The van der Waals surface area contributed by atoms with Crippen LogP contribution in [0.4, 0.5) is 0 Å². The molecule has 2 heterocycles. The highest BCUT2D eigenvalue weighted by molar-refractivity contribution is 5.76. The van der Waals surface area contributed by atoms with Gasteiger partial charge >= 0.3 is 5.97 Å². The first-order valence-corrected chi connectivity index (χ1v) is 7.54. The Morgan fingerprint density at radius 1 is 1.52 bits per heavy atom. The zero-order valence-corrected chi connectivity index (χ0v) is 12.7. The van der Waals surface area contributed by atoms with Gasteiger partial charge in [-0.05, 0) is 19.8 Å². The highest BCUT2D eigenvalue weighted by atomic mass is 16.4. The fourth-order valence-corrected chi connectivity index (χ4v) is 3.18. The number of rotatable bonds is 6. The molecule has 0 amide bonds. The molecule has 0 aromatic carbocycles. The number of piperidine rings is 1. The number of carboxylic acids is 1. The SMILES string of the molecule is CCC[C@@]1(C(=O)O)CN(Cc2ncnn2CC)CC[C@@H]1O. The van der Waals surface area contributed by atoms with Crippen molar-refractivity contribution in [2.24, 2.45) is 5.41 Å². The van der Waals surface area contributed by atoms with Crippen molar-refractivity contribution in [3.05, 3.63) is 12.2 Å². The van der Waals surface area contributed by atoms with Gasteiger partial charge in [-0.1, -0.05) is 13.3 Å². The molecular weight excluding hydrogens is 272 g/mol. The Morgan fingerprint density at radius 2 is 2.29 bits per heavy atom. The number of aromatic nitrogens is 3. The summed E-state index contributed by atoms with van der Waals surface area (Å²) in [7, 11) is 0. The Morgan fingerprint density at radius 3 is 2.90 bits per heavy atom. The highest BCUT2D eigenvalue weighted by Gasteiger charge is 2.48. The Labute approximate surface area is 124 Å². The molecule has 0 bridgehead atoms. The number of hydrogen-bond acceptors (Lipinski definition) is 5. The van der Waals surface area contributed by atoms with Gasteiger partial charge in [0.1, 0.15) is 17.6 Å². The topological polar surface area (TPSA) is 91.5 Å². The lowest BCUT2D eigenvalue weighted by molar-refractivity contribution is -0.164. The molecule has 0 aliphatic carbocycles. The molecule has 0 spiro atoms. The summed E-state index contributed by atoms with van der Waals surface area (Å²) in [5, 5.41) is 24.0. The van der Waals surface area contributed by atoms with Gasteiger partial charge in [0, 0.05) is 19.6 Å². The minimum absolute atomic E-state index is 0.355. The minimum atomic E-state index is -1.07. The van der Waals surface area contributed by atoms with Crippen molar-refractivity contribution in [1.29, 1.82) is 0 Å². The number of likely N-dealkylation sites (tertiary alicyclic amines) is 1. The van der Waals surface area contributed by atoms with E-state index in [0.717, 1.165) is 18.8 Å². The molecule has 7 heteroatoms. The number of aliphatic carboxylic acids is 1. The van der Waals surface area contributed by atoms with Crippen molar-refractivity contribution in [2.45, 2.75) is 52.3 Å². The third kappa shape index (κ3) is 3.08. The van der Waals surface area contributed by atoms with E-state index in [1.54, 1.807) is 0 Å². The van der Waals surface area contributed by atoms with Crippen molar-refractivity contribution >= 4 is 5.97 Å². The molecule has 0 radical (unpaired) electrons. The molecule has 1 aliphatic heterocycles. The van der Waals surface area contributed by atoms with Crippen LogP contribution >= 0.6 is 0 Å². The van der Waals surface area contributed by atoms with Crippen LogP contribution in [0.1, 0.15) is 38.9 Å². The number of hydrogen-bond donors (Lipinski definition) is 2. The average molecular weight is 296 g/mol. The van der Waals surface area contributed by atoms with E-state index >= 15 is 0 Å². The number of nitrogens with zero attached hydrogens (tertiary/aromatic N) is 4.